The zero-order valence-corrected chi connectivity index (χ0v) is 10.5. The molecule has 1 saturated carbocycles. The molecular weight excluding hydrogens is 216 g/mol. The number of piperidine rings is 1. The maximum atomic E-state index is 10.8. The fourth-order valence-corrected chi connectivity index (χ4v) is 3.25. The van der Waals surface area contributed by atoms with E-state index in [9.17, 15) is 4.79 Å². The van der Waals surface area contributed by atoms with Crippen molar-refractivity contribution in [2.75, 3.05) is 19.6 Å². The molecular formula is C13H24N2O2. The Morgan fingerprint density at radius 2 is 1.82 bits per heavy atom. The molecule has 0 aromatic rings. The number of amides is 1. The molecule has 1 saturated heterocycles. The molecule has 2 aliphatic rings. The number of rotatable bonds is 3. The van der Waals surface area contributed by atoms with E-state index in [-0.39, 0.29) is 6.04 Å². The van der Waals surface area contributed by atoms with E-state index in [1.165, 1.54) is 51.6 Å². The molecule has 2 unspecified atom stereocenters. The minimum Gasteiger partial charge on any atom is -0.465 e. The smallest absolute Gasteiger partial charge is 0.404 e. The third kappa shape index (κ3) is 3.87. The van der Waals surface area contributed by atoms with Crippen molar-refractivity contribution in [1.29, 1.82) is 0 Å². The fraction of sp³-hybridized carbons (Fsp3) is 0.923. The van der Waals surface area contributed by atoms with Crippen molar-refractivity contribution < 1.29 is 9.90 Å². The Morgan fingerprint density at radius 1 is 1.12 bits per heavy atom. The summed E-state index contributed by atoms with van der Waals surface area (Å²) < 4.78 is 0. The number of carbonyl (C=O) groups is 1. The molecule has 1 aliphatic carbocycles. The normalized spacial score (nSPS) is 31.1. The number of nitrogens with one attached hydrogen (secondary N) is 1. The summed E-state index contributed by atoms with van der Waals surface area (Å²) >= 11 is 0. The van der Waals surface area contributed by atoms with Gasteiger partial charge in [-0.25, -0.2) is 4.79 Å². The number of likely N-dealkylation sites (tertiary alicyclic amines) is 1. The molecule has 0 bridgehead atoms. The van der Waals surface area contributed by atoms with Crippen LogP contribution in [-0.2, 0) is 0 Å². The molecule has 1 amide bonds. The largest absolute Gasteiger partial charge is 0.465 e. The van der Waals surface area contributed by atoms with Crippen LogP contribution >= 0.6 is 0 Å². The molecule has 1 heterocycles. The Balaban J connectivity index is 1.84. The molecule has 2 fully saturated rings. The van der Waals surface area contributed by atoms with Crippen molar-refractivity contribution in [1.82, 2.24) is 10.2 Å². The predicted octanol–water partition coefficient (Wildman–Crippen LogP) is 2.30. The first-order valence-corrected chi connectivity index (χ1v) is 6.97. The lowest BCUT2D eigenvalue weighted by Crippen LogP contribution is -2.46. The SMILES string of the molecule is O=C(O)NC1CCCCC1CN1CCCCC1. The summed E-state index contributed by atoms with van der Waals surface area (Å²) in [6.45, 7) is 3.50. The highest BCUT2D eigenvalue weighted by Crippen LogP contribution is 2.26. The zero-order chi connectivity index (χ0) is 12.1. The van der Waals surface area contributed by atoms with Gasteiger partial charge in [-0.1, -0.05) is 19.3 Å². The van der Waals surface area contributed by atoms with Gasteiger partial charge in [-0.15, -0.1) is 0 Å². The maximum Gasteiger partial charge on any atom is 0.404 e. The zero-order valence-electron chi connectivity index (χ0n) is 10.5. The van der Waals surface area contributed by atoms with Gasteiger partial charge in [-0.05, 0) is 44.7 Å². The summed E-state index contributed by atoms with van der Waals surface area (Å²) in [5, 5.41) is 11.6. The lowest BCUT2D eigenvalue weighted by atomic mass is 9.84. The van der Waals surface area contributed by atoms with E-state index in [2.05, 4.69) is 10.2 Å². The summed E-state index contributed by atoms with van der Waals surface area (Å²) in [5.41, 5.74) is 0. The van der Waals surface area contributed by atoms with Crippen molar-refractivity contribution in [3.63, 3.8) is 0 Å². The van der Waals surface area contributed by atoms with Crippen molar-refractivity contribution in [2.45, 2.75) is 51.0 Å². The Bertz CT molecular complexity index is 252. The maximum absolute atomic E-state index is 10.8. The third-order valence-corrected chi connectivity index (χ3v) is 4.16. The summed E-state index contributed by atoms with van der Waals surface area (Å²) in [4.78, 5) is 13.3. The van der Waals surface area contributed by atoms with E-state index in [4.69, 9.17) is 5.11 Å². The molecule has 4 heteroatoms. The number of nitrogens with zero attached hydrogens (tertiary/aromatic N) is 1. The van der Waals surface area contributed by atoms with Gasteiger partial charge in [0.15, 0.2) is 0 Å². The molecule has 0 aromatic carbocycles. The van der Waals surface area contributed by atoms with Gasteiger partial charge in [-0.3, -0.25) is 0 Å². The average molecular weight is 240 g/mol. The van der Waals surface area contributed by atoms with Crippen LogP contribution in [-0.4, -0.2) is 41.8 Å². The first kappa shape index (κ1) is 12.7. The van der Waals surface area contributed by atoms with Gasteiger partial charge in [-0.2, -0.15) is 0 Å². The second-order valence-corrected chi connectivity index (χ2v) is 5.46. The summed E-state index contributed by atoms with van der Waals surface area (Å²) in [6, 6.07) is 0.183. The van der Waals surface area contributed by atoms with E-state index >= 15 is 0 Å². The van der Waals surface area contributed by atoms with Crippen molar-refractivity contribution in [2.24, 2.45) is 5.92 Å². The standard InChI is InChI=1S/C13H24N2O2/c16-13(17)14-12-7-3-2-6-11(12)10-15-8-4-1-5-9-15/h11-12,14H,1-10H2,(H,16,17). The van der Waals surface area contributed by atoms with Crippen molar-refractivity contribution in [3.05, 3.63) is 0 Å². The average Bonchev–Trinajstić information content (AvgIpc) is 2.32. The van der Waals surface area contributed by atoms with Crippen LogP contribution in [0.1, 0.15) is 44.9 Å². The molecule has 17 heavy (non-hydrogen) atoms. The second kappa shape index (κ2) is 6.24. The summed E-state index contributed by atoms with van der Waals surface area (Å²) in [7, 11) is 0. The highest BCUT2D eigenvalue weighted by atomic mass is 16.4. The molecule has 0 aromatic heterocycles. The molecule has 0 spiro atoms. The number of carboxylic acid groups (broad SMARTS) is 1. The van der Waals surface area contributed by atoms with Crippen LogP contribution in [0.5, 0.6) is 0 Å². The van der Waals surface area contributed by atoms with Gasteiger partial charge in [0.1, 0.15) is 0 Å². The van der Waals surface area contributed by atoms with Crippen LogP contribution < -0.4 is 5.32 Å². The minimum absolute atomic E-state index is 0.183. The quantitative estimate of drug-likeness (QED) is 0.796. The van der Waals surface area contributed by atoms with E-state index in [0.717, 1.165) is 13.0 Å². The Labute approximate surface area is 103 Å². The molecule has 0 radical (unpaired) electrons. The van der Waals surface area contributed by atoms with Gasteiger partial charge in [0, 0.05) is 12.6 Å². The van der Waals surface area contributed by atoms with Crippen LogP contribution in [0.4, 0.5) is 4.79 Å². The van der Waals surface area contributed by atoms with Crippen LogP contribution in [0.2, 0.25) is 0 Å². The molecule has 4 nitrogen and oxygen atoms in total. The molecule has 98 valence electrons. The molecule has 2 atom stereocenters. The van der Waals surface area contributed by atoms with E-state index in [0.29, 0.717) is 5.92 Å². The lowest BCUT2D eigenvalue weighted by molar-refractivity contribution is 0.139. The van der Waals surface area contributed by atoms with E-state index in [1.807, 2.05) is 0 Å². The Hall–Kier alpha value is -0.770. The Morgan fingerprint density at radius 3 is 2.53 bits per heavy atom. The Kier molecular flexibility index (Phi) is 4.66. The molecule has 2 rings (SSSR count). The topological polar surface area (TPSA) is 52.6 Å². The van der Waals surface area contributed by atoms with Gasteiger partial charge in [0.25, 0.3) is 0 Å². The lowest BCUT2D eigenvalue weighted by Gasteiger charge is -2.36. The minimum atomic E-state index is -0.861. The highest BCUT2D eigenvalue weighted by Gasteiger charge is 2.28. The first-order valence-electron chi connectivity index (χ1n) is 6.97. The van der Waals surface area contributed by atoms with Crippen LogP contribution in [0, 0.1) is 5.92 Å². The number of hydrogen-bond donors (Lipinski definition) is 2. The van der Waals surface area contributed by atoms with Gasteiger partial charge in [0.05, 0.1) is 0 Å². The van der Waals surface area contributed by atoms with Gasteiger partial charge in [0.2, 0.25) is 0 Å². The molecule has 2 N–H and O–H groups in total. The second-order valence-electron chi connectivity index (χ2n) is 5.46. The van der Waals surface area contributed by atoms with Crippen LogP contribution in [0.15, 0.2) is 0 Å². The monoisotopic (exact) mass is 240 g/mol. The number of hydrogen-bond acceptors (Lipinski definition) is 2. The summed E-state index contributed by atoms with van der Waals surface area (Å²) in [6.07, 6.45) is 7.75. The molecule has 1 aliphatic heterocycles. The van der Waals surface area contributed by atoms with Crippen LogP contribution in [0.3, 0.4) is 0 Å². The van der Waals surface area contributed by atoms with E-state index < -0.39 is 6.09 Å². The third-order valence-electron chi connectivity index (χ3n) is 4.16. The summed E-state index contributed by atoms with van der Waals surface area (Å²) in [5.74, 6) is 0.526. The highest BCUT2D eigenvalue weighted by molar-refractivity contribution is 5.64. The predicted molar refractivity (Wildman–Crippen MR) is 67.2 cm³/mol. The van der Waals surface area contributed by atoms with Gasteiger partial charge >= 0.3 is 6.09 Å². The van der Waals surface area contributed by atoms with Gasteiger partial charge < -0.3 is 15.3 Å². The van der Waals surface area contributed by atoms with E-state index in [1.54, 1.807) is 0 Å². The van der Waals surface area contributed by atoms with Crippen LogP contribution in [0.25, 0.3) is 0 Å². The van der Waals surface area contributed by atoms with Crippen molar-refractivity contribution in [3.8, 4) is 0 Å². The van der Waals surface area contributed by atoms with Crippen molar-refractivity contribution >= 4 is 6.09 Å². The first-order chi connectivity index (χ1) is 8.25. The fourth-order valence-electron chi connectivity index (χ4n) is 3.25.